The van der Waals surface area contributed by atoms with Crippen molar-refractivity contribution in [2.24, 2.45) is 0 Å². The van der Waals surface area contributed by atoms with Crippen LogP contribution in [-0.4, -0.2) is 23.8 Å². The molecule has 0 heterocycles. The maximum absolute atomic E-state index is 8.95. The minimum Gasteiger partial charge on any atom is -0.395 e. The van der Waals surface area contributed by atoms with E-state index in [1.807, 2.05) is 6.92 Å². The molecule has 0 fully saturated rings. The van der Waals surface area contributed by atoms with Gasteiger partial charge in [-0.1, -0.05) is 24.3 Å². The molecule has 2 rings (SSSR count). The van der Waals surface area contributed by atoms with Crippen molar-refractivity contribution in [2.45, 2.75) is 31.8 Å². The van der Waals surface area contributed by atoms with Gasteiger partial charge in [-0.2, -0.15) is 0 Å². The second-order valence-corrected chi connectivity index (χ2v) is 4.12. The van der Waals surface area contributed by atoms with Crippen molar-refractivity contribution in [3.8, 4) is 0 Å². The fourth-order valence-electron chi connectivity index (χ4n) is 2.13. The Hall–Kier alpha value is -0.860. The lowest BCUT2D eigenvalue weighted by atomic mass is 10.1. The van der Waals surface area contributed by atoms with Crippen LogP contribution in [0.4, 0.5) is 0 Å². The predicted molar refractivity (Wildman–Crippen MR) is 57.3 cm³/mol. The summed E-state index contributed by atoms with van der Waals surface area (Å²) in [6.45, 7) is 2.23. The van der Waals surface area contributed by atoms with Gasteiger partial charge in [0.05, 0.1) is 6.61 Å². The molecule has 0 aliphatic heterocycles. The van der Waals surface area contributed by atoms with Crippen LogP contribution in [0.2, 0.25) is 0 Å². The molecular weight excluding hydrogens is 174 g/mol. The molecule has 2 N–H and O–H groups in total. The Labute approximate surface area is 85.0 Å². The van der Waals surface area contributed by atoms with Gasteiger partial charge in [0.25, 0.3) is 0 Å². The van der Waals surface area contributed by atoms with Crippen LogP contribution < -0.4 is 5.32 Å². The zero-order chi connectivity index (χ0) is 9.97. The summed E-state index contributed by atoms with van der Waals surface area (Å²) in [4.78, 5) is 0. The highest BCUT2D eigenvalue weighted by atomic mass is 16.3. The standard InChI is InChI=1S/C12H17NO/c1-9(8-14)13-12-6-10-4-2-3-5-11(10)7-12/h2-5,9,12-14H,6-8H2,1H3/t9-/m0/s1. The van der Waals surface area contributed by atoms with Gasteiger partial charge in [-0.05, 0) is 30.9 Å². The molecule has 2 heteroatoms. The first kappa shape index (κ1) is 9.69. The third-order valence-corrected chi connectivity index (χ3v) is 2.85. The fraction of sp³-hybridized carbons (Fsp3) is 0.500. The maximum Gasteiger partial charge on any atom is 0.0582 e. The Morgan fingerprint density at radius 3 is 2.43 bits per heavy atom. The molecule has 2 nitrogen and oxygen atoms in total. The lowest BCUT2D eigenvalue weighted by Crippen LogP contribution is -2.39. The number of rotatable bonds is 3. The topological polar surface area (TPSA) is 32.3 Å². The van der Waals surface area contributed by atoms with Crippen molar-refractivity contribution in [3.05, 3.63) is 35.4 Å². The van der Waals surface area contributed by atoms with Crippen molar-refractivity contribution < 1.29 is 5.11 Å². The molecular formula is C12H17NO. The molecule has 1 aromatic carbocycles. The van der Waals surface area contributed by atoms with E-state index in [-0.39, 0.29) is 12.6 Å². The monoisotopic (exact) mass is 191 g/mol. The first-order valence-electron chi connectivity index (χ1n) is 5.23. The van der Waals surface area contributed by atoms with Crippen LogP contribution >= 0.6 is 0 Å². The van der Waals surface area contributed by atoms with Gasteiger partial charge in [-0.15, -0.1) is 0 Å². The number of hydrogen-bond donors (Lipinski definition) is 2. The van der Waals surface area contributed by atoms with Gasteiger partial charge >= 0.3 is 0 Å². The van der Waals surface area contributed by atoms with Gasteiger partial charge in [0.15, 0.2) is 0 Å². The molecule has 0 amide bonds. The largest absolute Gasteiger partial charge is 0.395 e. The van der Waals surface area contributed by atoms with E-state index in [4.69, 9.17) is 5.11 Å². The van der Waals surface area contributed by atoms with Crippen LogP contribution in [0, 0.1) is 0 Å². The first-order chi connectivity index (χ1) is 6.79. The van der Waals surface area contributed by atoms with E-state index in [2.05, 4.69) is 29.6 Å². The van der Waals surface area contributed by atoms with Crippen molar-refractivity contribution in [1.29, 1.82) is 0 Å². The summed E-state index contributed by atoms with van der Waals surface area (Å²) >= 11 is 0. The van der Waals surface area contributed by atoms with E-state index in [0.717, 1.165) is 12.8 Å². The molecule has 1 atom stereocenters. The van der Waals surface area contributed by atoms with Crippen molar-refractivity contribution in [2.75, 3.05) is 6.61 Å². The number of benzene rings is 1. The summed E-state index contributed by atoms with van der Waals surface area (Å²) in [6.07, 6.45) is 2.20. The molecule has 1 aliphatic rings. The zero-order valence-electron chi connectivity index (χ0n) is 8.53. The quantitative estimate of drug-likeness (QED) is 0.750. The van der Waals surface area contributed by atoms with Gasteiger partial charge in [-0.25, -0.2) is 0 Å². The first-order valence-corrected chi connectivity index (χ1v) is 5.23. The van der Waals surface area contributed by atoms with E-state index in [1.165, 1.54) is 11.1 Å². The molecule has 76 valence electrons. The summed E-state index contributed by atoms with van der Waals surface area (Å²) in [5.41, 5.74) is 2.91. The normalized spacial score (nSPS) is 18.1. The Morgan fingerprint density at radius 1 is 1.36 bits per heavy atom. The summed E-state index contributed by atoms with van der Waals surface area (Å²) < 4.78 is 0. The van der Waals surface area contributed by atoms with Crippen molar-refractivity contribution >= 4 is 0 Å². The third-order valence-electron chi connectivity index (χ3n) is 2.85. The average molecular weight is 191 g/mol. The molecule has 0 bridgehead atoms. The fourth-order valence-corrected chi connectivity index (χ4v) is 2.13. The molecule has 0 radical (unpaired) electrons. The number of aliphatic hydroxyl groups excluding tert-OH is 1. The average Bonchev–Trinajstić information content (AvgIpc) is 2.59. The lowest BCUT2D eigenvalue weighted by molar-refractivity contribution is 0.241. The van der Waals surface area contributed by atoms with Crippen LogP contribution in [-0.2, 0) is 12.8 Å². The van der Waals surface area contributed by atoms with Crippen molar-refractivity contribution in [1.82, 2.24) is 5.32 Å². The smallest absolute Gasteiger partial charge is 0.0582 e. The Morgan fingerprint density at radius 2 is 1.93 bits per heavy atom. The van der Waals surface area contributed by atoms with Gasteiger partial charge in [0.2, 0.25) is 0 Å². The second-order valence-electron chi connectivity index (χ2n) is 4.12. The van der Waals surface area contributed by atoms with Crippen LogP contribution in [0.3, 0.4) is 0 Å². The molecule has 1 aromatic rings. The number of nitrogens with one attached hydrogen (secondary N) is 1. The molecule has 0 aromatic heterocycles. The summed E-state index contributed by atoms with van der Waals surface area (Å²) in [6, 6.07) is 9.29. The van der Waals surface area contributed by atoms with Crippen LogP contribution in [0.25, 0.3) is 0 Å². The number of fused-ring (bicyclic) bond motifs is 1. The highest BCUT2D eigenvalue weighted by Crippen LogP contribution is 2.21. The van der Waals surface area contributed by atoms with Crippen molar-refractivity contribution in [3.63, 3.8) is 0 Å². The molecule has 0 unspecified atom stereocenters. The van der Waals surface area contributed by atoms with Crippen LogP contribution in [0.1, 0.15) is 18.1 Å². The Kier molecular flexibility index (Phi) is 2.85. The predicted octanol–water partition coefficient (Wildman–Crippen LogP) is 1.12. The SMILES string of the molecule is C[C@@H](CO)NC1Cc2ccccc2C1. The van der Waals surface area contributed by atoms with E-state index in [9.17, 15) is 0 Å². The van der Waals surface area contributed by atoms with Crippen LogP contribution in [0.15, 0.2) is 24.3 Å². The van der Waals surface area contributed by atoms with E-state index >= 15 is 0 Å². The summed E-state index contributed by atoms with van der Waals surface area (Å²) in [5.74, 6) is 0. The molecule has 0 spiro atoms. The van der Waals surface area contributed by atoms with E-state index in [1.54, 1.807) is 0 Å². The Bertz CT molecular complexity index is 286. The highest BCUT2D eigenvalue weighted by Gasteiger charge is 2.21. The Balaban J connectivity index is 1.98. The van der Waals surface area contributed by atoms with E-state index in [0.29, 0.717) is 6.04 Å². The van der Waals surface area contributed by atoms with Gasteiger partial charge in [-0.3, -0.25) is 0 Å². The van der Waals surface area contributed by atoms with Gasteiger partial charge in [0.1, 0.15) is 0 Å². The molecule has 1 aliphatic carbocycles. The summed E-state index contributed by atoms with van der Waals surface area (Å²) in [7, 11) is 0. The zero-order valence-corrected chi connectivity index (χ0v) is 8.53. The molecule has 14 heavy (non-hydrogen) atoms. The van der Waals surface area contributed by atoms with E-state index < -0.39 is 0 Å². The van der Waals surface area contributed by atoms with Crippen LogP contribution in [0.5, 0.6) is 0 Å². The molecule has 0 saturated carbocycles. The third kappa shape index (κ3) is 1.97. The van der Waals surface area contributed by atoms with Gasteiger partial charge < -0.3 is 10.4 Å². The number of aliphatic hydroxyl groups is 1. The minimum absolute atomic E-state index is 0.203. The highest BCUT2D eigenvalue weighted by molar-refractivity contribution is 5.33. The second kappa shape index (κ2) is 4.11. The maximum atomic E-state index is 8.95. The number of hydrogen-bond acceptors (Lipinski definition) is 2. The lowest BCUT2D eigenvalue weighted by Gasteiger charge is -2.16. The van der Waals surface area contributed by atoms with Gasteiger partial charge in [0, 0.05) is 12.1 Å². The molecule has 0 saturated heterocycles. The summed E-state index contributed by atoms with van der Waals surface area (Å²) in [5, 5.41) is 12.4. The minimum atomic E-state index is 0.203.